The molecule has 0 aliphatic heterocycles. The summed E-state index contributed by atoms with van der Waals surface area (Å²) < 4.78 is 5.00. The van der Waals surface area contributed by atoms with Crippen molar-refractivity contribution in [2.75, 3.05) is 23.9 Å². The van der Waals surface area contributed by atoms with Crippen LogP contribution in [0.25, 0.3) is 0 Å². The predicted molar refractivity (Wildman–Crippen MR) is 64.6 cm³/mol. The molecule has 0 spiro atoms. The minimum Gasteiger partial charge on any atom is -0.497 e. The van der Waals surface area contributed by atoms with Crippen LogP contribution in [0, 0.1) is 11.3 Å². The summed E-state index contributed by atoms with van der Waals surface area (Å²) in [7, 11) is 1.59. The van der Waals surface area contributed by atoms with E-state index >= 15 is 0 Å². The number of thioether (sulfide) groups is 1. The molecule has 0 aliphatic carbocycles. The van der Waals surface area contributed by atoms with Crippen LogP contribution in [0.3, 0.4) is 0 Å². The summed E-state index contributed by atoms with van der Waals surface area (Å²) in [5, 5.41) is 11.0. The number of hydrogen-bond acceptors (Lipinski definition) is 4. The van der Waals surface area contributed by atoms with Crippen molar-refractivity contribution in [3.63, 3.8) is 0 Å². The Morgan fingerprint density at radius 2 is 2.19 bits per heavy atom. The quantitative estimate of drug-likeness (QED) is 0.793. The number of rotatable bonds is 5. The molecule has 5 heteroatoms. The summed E-state index contributed by atoms with van der Waals surface area (Å²) in [4.78, 5) is 11.4. The Labute approximate surface area is 98.6 Å². The lowest BCUT2D eigenvalue weighted by molar-refractivity contribution is -0.113. The summed E-state index contributed by atoms with van der Waals surface area (Å²) in [5.41, 5.74) is 0.725. The zero-order valence-corrected chi connectivity index (χ0v) is 9.71. The number of nitrogens with zero attached hydrogens (tertiary/aromatic N) is 1. The Balaban J connectivity index is 2.41. The number of ether oxygens (including phenoxy) is 1. The number of benzene rings is 1. The van der Waals surface area contributed by atoms with E-state index in [1.807, 2.05) is 6.07 Å². The number of carbonyl (C=O) groups is 1. The van der Waals surface area contributed by atoms with Gasteiger partial charge in [0, 0.05) is 5.69 Å². The maximum Gasteiger partial charge on any atom is 0.234 e. The van der Waals surface area contributed by atoms with Crippen molar-refractivity contribution in [2.24, 2.45) is 0 Å². The van der Waals surface area contributed by atoms with Gasteiger partial charge in [-0.05, 0) is 24.3 Å². The number of nitrogens with one attached hydrogen (secondary N) is 1. The van der Waals surface area contributed by atoms with Gasteiger partial charge in [0.25, 0.3) is 0 Å². The van der Waals surface area contributed by atoms with Crippen molar-refractivity contribution in [3.05, 3.63) is 24.3 Å². The molecule has 0 saturated carbocycles. The van der Waals surface area contributed by atoms with Crippen molar-refractivity contribution >= 4 is 23.4 Å². The average Bonchev–Trinajstić information content (AvgIpc) is 2.30. The molecule has 1 aromatic rings. The number of amides is 1. The van der Waals surface area contributed by atoms with Crippen molar-refractivity contribution in [2.45, 2.75) is 0 Å². The second kappa shape index (κ2) is 6.75. The fourth-order valence-corrected chi connectivity index (χ4v) is 1.51. The summed E-state index contributed by atoms with van der Waals surface area (Å²) in [6.07, 6.45) is 0. The SMILES string of the molecule is COc1ccc(NC(=O)CSCC#N)cc1. The second-order valence-electron chi connectivity index (χ2n) is 2.93. The molecule has 1 N–H and O–H groups in total. The van der Waals surface area contributed by atoms with Gasteiger partial charge < -0.3 is 10.1 Å². The van der Waals surface area contributed by atoms with Gasteiger partial charge in [0.2, 0.25) is 5.91 Å². The maximum atomic E-state index is 11.4. The lowest BCUT2D eigenvalue weighted by Gasteiger charge is -2.05. The molecule has 0 unspecified atom stereocenters. The summed E-state index contributed by atoms with van der Waals surface area (Å²) in [6, 6.07) is 9.06. The van der Waals surface area contributed by atoms with Gasteiger partial charge in [-0.15, -0.1) is 11.8 Å². The zero-order chi connectivity index (χ0) is 11.8. The molecule has 16 heavy (non-hydrogen) atoms. The highest BCUT2D eigenvalue weighted by atomic mass is 32.2. The third-order valence-electron chi connectivity index (χ3n) is 1.77. The van der Waals surface area contributed by atoms with E-state index in [1.54, 1.807) is 31.4 Å². The van der Waals surface area contributed by atoms with E-state index in [1.165, 1.54) is 11.8 Å². The van der Waals surface area contributed by atoms with Gasteiger partial charge in [-0.1, -0.05) is 0 Å². The Hall–Kier alpha value is -1.67. The monoisotopic (exact) mass is 236 g/mol. The van der Waals surface area contributed by atoms with Crippen LogP contribution in [0.1, 0.15) is 0 Å². The fourth-order valence-electron chi connectivity index (χ4n) is 1.06. The van der Waals surface area contributed by atoms with Gasteiger partial charge >= 0.3 is 0 Å². The van der Waals surface area contributed by atoms with E-state index < -0.39 is 0 Å². The van der Waals surface area contributed by atoms with Gasteiger partial charge in [0.1, 0.15) is 5.75 Å². The predicted octanol–water partition coefficient (Wildman–Crippen LogP) is 1.89. The van der Waals surface area contributed by atoms with E-state index in [0.717, 1.165) is 11.4 Å². The third-order valence-corrected chi connectivity index (χ3v) is 2.57. The first-order chi connectivity index (χ1) is 7.76. The summed E-state index contributed by atoms with van der Waals surface area (Å²) in [6.45, 7) is 0. The molecule has 0 aliphatic rings. The molecule has 0 radical (unpaired) electrons. The molecular weight excluding hydrogens is 224 g/mol. The molecule has 0 atom stereocenters. The van der Waals surface area contributed by atoms with Gasteiger partial charge in [0.15, 0.2) is 0 Å². The molecular formula is C11H12N2O2S. The van der Waals surface area contributed by atoms with Crippen LogP contribution in [0.5, 0.6) is 5.75 Å². The van der Waals surface area contributed by atoms with Crippen LogP contribution in [-0.4, -0.2) is 24.5 Å². The van der Waals surface area contributed by atoms with Crippen LogP contribution in [0.4, 0.5) is 5.69 Å². The Kier molecular flexibility index (Phi) is 5.23. The van der Waals surface area contributed by atoms with E-state index in [0.29, 0.717) is 11.5 Å². The first-order valence-corrected chi connectivity index (χ1v) is 5.80. The lowest BCUT2D eigenvalue weighted by atomic mass is 10.3. The molecule has 4 nitrogen and oxygen atoms in total. The van der Waals surface area contributed by atoms with Crippen molar-refractivity contribution in [3.8, 4) is 11.8 Å². The van der Waals surface area contributed by atoms with Crippen LogP contribution >= 0.6 is 11.8 Å². The average molecular weight is 236 g/mol. The number of hydrogen-bond donors (Lipinski definition) is 1. The van der Waals surface area contributed by atoms with Crippen LogP contribution in [0.15, 0.2) is 24.3 Å². The summed E-state index contributed by atoms with van der Waals surface area (Å²) >= 11 is 1.29. The minimum absolute atomic E-state index is 0.106. The number of carbonyl (C=O) groups excluding carboxylic acids is 1. The van der Waals surface area contributed by atoms with E-state index in [2.05, 4.69) is 5.32 Å². The normalized spacial score (nSPS) is 9.25. The first-order valence-electron chi connectivity index (χ1n) is 4.65. The molecule has 0 bridgehead atoms. The van der Waals surface area contributed by atoms with E-state index in [-0.39, 0.29) is 5.91 Å². The molecule has 1 aromatic carbocycles. The topological polar surface area (TPSA) is 62.1 Å². The largest absolute Gasteiger partial charge is 0.497 e. The molecule has 1 rings (SSSR count). The van der Waals surface area contributed by atoms with Gasteiger partial charge in [-0.25, -0.2) is 0 Å². The highest BCUT2D eigenvalue weighted by Crippen LogP contribution is 2.15. The molecule has 0 saturated heterocycles. The van der Waals surface area contributed by atoms with E-state index in [4.69, 9.17) is 10.00 Å². The van der Waals surface area contributed by atoms with Crippen molar-refractivity contribution in [1.82, 2.24) is 0 Å². The number of nitriles is 1. The van der Waals surface area contributed by atoms with Crippen molar-refractivity contribution < 1.29 is 9.53 Å². The smallest absolute Gasteiger partial charge is 0.234 e. The molecule has 0 aromatic heterocycles. The third kappa shape index (κ3) is 4.24. The summed E-state index contributed by atoms with van der Waals surface area (Å²) in [5.74, 6) is 1.26. The Morgan fingerprint density at radius 1 is 1.50 bits per heavy atom. The highest BCUT2D eigenvalue weighted by molar-refractivity contribution is 8.00. The standard InChI is InChI=1S/C11H12N2O2S/c1-15-10-4-2-9(3-5-10)13-11(14)8-16-7-6-12/h2-5H,7-8H2,1H3,(H,13,14). The molecule has 0 heterocycles. The lowest BCUT2D eigenvalue weighted by Crippen LogP contribution is -2.14. The Morgan fingerprint density at radius 3 is 2.75 bits per heavy atom. The molecule has 1 amide bonds. The van der Waals surface area contributed by atoms with Crippen LogP contribution in [-0.2, 0) is 4.79 Å². The molecule has 84 valence electrons. The number of anilines is 1. The minimum atomic E-state index is -0.106. The Bertz CT molecular complexity index is 384. The molecule has 0 fully saturated rings. The van der Waals surface area contributed by atoms with Gasteiger partial charge in [-0.3, -0.25) is 4.79 Å². The van der Waals surface area contributed by atoms with Crippen LogP contribution in [0.2, 0.25) is 0 Å². The van der Waals surface area contributed by atoms with Crippen LogP contribution < -0.4 is 10.1 Å². The van der Waals surface area contributed by atoms with E-state index in [9.17, 15) is 4.79 Å². The van der Waals surface area contributed by atoms with Gasteiger partial charge in [0.05, 0.1) is 24.7 Å². The highest BCUT2D eigenvalue weighted by Gasteiger charge is 2.02. The van der Waals surface area contributed by atoms with Crippen molar-refractivity contribution in [1.29, 1.82) is 5.26 Å². The second-order valence-corrected chi connectivity index (χ2v) is 3.91. The number of methoxy groups -OCH3 is 1. The van der Waals surface area contributed by atoms with Gasteiger partial charge in [-0.2, -0.15) is 5.26 Å². The zero-order valence-electron chi connectivity index (χ0n) is 8.90. The maximum absolute atomic E-state index is 11.4. The fraction of sp³-hybridized carbons (Fsp3) is 0.273. The first kappa shape index (κ1) is 12.4.